The van der Waals surface area contributed by atoms with Crippen LogP contribution >= 0.6 is 0 Å². The minimum atomic E-state index is -3.65. The van der Waals surface area contributed by atoms with Gasteiger partial charge in [-0.15, -0.1) is 0 Å². The summed E-state index contributed by atoms with van der Waals surface area (Å²) in [6.07, 6.45) is 0. The van der Waals surface area contributed by atoms with Crippen LogP contribution in [0.1, 0.15) is 0 Å². The van der Waals surface area contributed by atoms with E-state index in [2.05, 4.69) is 0 Å². The molecule has 18 nitrogen and oxygen atoms in total. The summed E-state index contributed by atoms with van der Waals surface area (Å²) in [4.78, 5) is 0. The third kappa shape index (κ3) is 2840. The molecule has 0 atom stereocenters. The standard InChI is InChI=1S/3BrO3.9H2O.Y/c3*2-1(3)4;;;;;;;;;;/h;;;9*1H2;/q3*-1;;;;;;;;;;+3. The Hall–Kier alpha value is 1.82. The summed E-state index contributed by atoms with van der Waals surface area (Å²) in [6.45, 7) is 0. The molecule has 0 radical (unpaired) electrons. The molecular weight excluding hydrogens is 617 g/mol. The second-order valence-corrected chi connectivity index (χ2v) is 2.95. The van der Waals surface area contributed by atoms with Crippen molar-refractivity contribution in [3.63, 3.8) is 0 Å². The number of rotatable bonds is 0. The second kappa shape index (κ2) is 92.8. The molecule has 150 valence electrons. The number of hydrogen-bond donors (Lipinski definition) is 0. The molecule has 0 heterocycles. The zero-order chi connectivity index (χ0) is 10.7. The van der Waals surface area contributed by atoms with Gasteiger partial charge in [0.15, 0.2) is 0 Å². The van der Waals surface area contributed by atoms with E-state index in [1.54, 1.807) is 0 Å². The normalized spacial score (nSPS) is 4.91. The molecule has 0 aliphatic rings. The van der Waals surface area contributed by atoms with Gasteiger partial charge in [-0.3, -0.25) is 0 Å². The van der Waals surface area contributed by atoms with E-state index in [0.717, 1.165) is 0 Å². The van der Waals surface area contributed by atoms with Gasteiger partial charge in [-0.2, -0.15) is 0 Å². The first kappa shape index (κ1) is 106. The molecule has 0 aliphatic carbocycles. The van der Waals surface area contributed by atoms with Crippen molar-refractivity contribution in [2.45, 2.75) is 0 Å². The summed E-state index contributed by atoms with van der Waals surface area (Å²) in [5, 5.41) is 0. The van der Waals surface area contributed by atoms with Gasteiger partial charge >= 0.3 is 32.7 Å². The minimum absolute atomic E-state index is 0. The largest absolute Gasteiger partial charge is 3.00 e. The summed E-state index contributed by atoms with van der Waals surface area (Å²) < 4.78 is 76.7. The molecular formula is H18Br3O18Y. The van der Waals surface area contributed by atoms with Gasteiger partial charge in [0.25, 0.3) is 0 Å². The van der Waals surface area contributed by atoms with E-state index in [0.29, 0.717) is 0 Å². The van der Waals surface area contributed by atoms with E-state index in [1.165, 1.54) is 0 Å². The predicted octanol–water partition coefficient (Wildman–Crippen LogP) is -18.1. The Morgan fingerprint density at radius 1 is 0.273 bits per heavy atom. The topological polar surface area (TPSA) is 491 Å². The molecule has 22 heteroatoms. The van der Waals surface area contributed by atoms with Gasteiger partial charge in [-0.1, -0.05) is 0 Å². The number of hydrogen-bond acceptors (Lipinski definition) is 9. The average molecular weight is 635 g/mol. The van der Waals surface area contributed by atoms with Crippen molar-refractivity contribution in [3.8, 4) is 0 Å². The fraction of sp³-hybridized carbons (Fsp3) is 0. The third-order valence-corrected chi connectivity index (χ3v) is 0. The van der Waals surface area contributed by atoms with Gasteiger partial charge < -0.3 is 87.1 Å². The molecule has 0 saturated heterocycles. The average Bonchev–Trinajstić information content (AvgIpc) is 1.54. The summed E-state index contributed by atoms with van der Waals surface area (Å²) in [6, 6.07) is 0. The van der Waals surface area contributed by atoms with Gasteiger partial charge in [-0.25, -0.2) is 0 Å². The van der Waals surface area contributed by atoms with Gasteiger partial charge in [-0.05, 0) is 0 Å². The molecule has 0 spiro atoms. The SMILES string of the molecule is O.O.O.O.O.O.O.O.O.[O-][Br+2]([O-])[O-].[O-][Br+2]([O-])[O-].[O-][Br+2]([O-])[O-].[Y+3]. The molecule has 0 rings (SSSR count). The summed E-state index contributed by atoms with van der Waals surface area (Å²) in [7, 11) is 0. The molecule has 0 saturated carbocycles. The van der Waals surface area contributed by atoms with Crippen LogP contribution in [-0.2, 0) is 32.7 Å². The molecule has 22 heavy (non-hydrogen) atoms. The van der Waals surface area contributed by atoms with E-state index < -0.39 is 44.4 Å². The molecule has 0 aliphatic heterocycles. The first-order chi connectivity index (χ1) is 5.20. The third-order valence-electron chi connectivity index (χ3n) is 0. The van der Waals surface area contributed by atoms with Gasteiger partial charge in [0.05, 0.1) is 0 Å². The van der Waals surface area contributed by atoms with Crippen molar-refractivity contribution in [2.24, 2.45) is 0 Å². The Morgan fingerprint density at radius 3 is 0.273 bits per heavy atom. The monoisotopic (exact) mass is 632 g/mol. The predicted molar refractivity (Wildman–Crippen MR) is 32.5 cm³/mol. The van der Waals surface area contributed by atoms with Crippen molar-refractivity contribution in [2.75, 3.05) is 0 Å². The summed E-state index contributed by atoms with van der Waals surface area (Å²) in [5.74, 6) is 0. The van der Waals surface area contributed by atoms with Gasteiger partial charge in [0.1, 0.15) is 0 Å². The van der Waals surface area contributed by atoms with Crippen LogP contribution in [0.3, 0.4) is 0 Å². The molecule has 0 unspecified atom stereocenters. The molecule has 0 bridgehead atoms. The van der Waals surface area contributed by atoms with Crippen molar-refractivity contribution in [3.05, 3.63) is 0 Å². The first-order valence-electron chi connectivity index (χ1n) is 1.39. The maximum Gasteiger partial charge on any atom is 3.00 e. The quantitative estimate of drug-likeness (QED) is 0.243. The van der Waals surface area contributed by atoms with Crippen LogP contribution in [0, 0.1) is 44.4 Å². The van der Waals surface area contributed by atoms with Crippen LogP contribution in [0.15, 0.2) is 0 Å². The van der Waals surface area contributed by atoms with Crippen LogP contribution in [-0.4, -0.2) is 49.3 Å². The summed E-state index contributed by atoms with van der Waals surface area (Å²) in [5.41, 5.74) is 0. The van der Waals surface area contributed by atoms with Crippen LogP contribution in [0.4, 0.5) is 0 Å². The minimum Gasteiger partial charge on any atom is -0.412 e. The Labute approximate surface area is 163 Å². The zero-order valence-electron chi connectivity index (χ0n) is 9.89. The van der Waals surface area contributed by atoms with Crippen molar-refractivity contribution < 1.29 is 164 Å². The van der Waals surface area contributed by atoms with Crippen molar-refractivity contribution >= 4 is 0 Å². The van der Waals surface area contributed by atoms with Crippen LogP contribution in [0.5, 0.6) is 0 Å². The van der Waals surface area contributed by atoms with Crippen LogP contribution in [0.2, 0.25) is 0 Å². The Morgan fingerprint density at radius 2 is 0.273 bits per heavy atom. The van der Waals surface area contributed by atoms with Crippen molar-refractivity contribution in [1.29, 1.82) is 0 Å². The molecule has 0 aromatic carbocycles. The Bertz CT molecular complexity index is 46.8. The summed E-state index contributed by atoms with van der Waals surface area (Å²) >= 11 is -10.9. The van der Waals surface area contributed by atoms with E-state index in [4.69, 9.17) is 37.8 Å². The number of halogens is 3. The maximum absolute atomic E-state index is 8.52. The molecule has 18 N–H and O–H groups in total. The second-order valence-electron chi connectivity index (χ2n) is 0.567. The first-order valence-corrected chi connectivity index (χ1v) is 7.22. The molecule has 0 aromatic heterocycles. The fourth-order valence-corrected chi connectivity index (χ4v) is 0. The molecule has 0 fully saturated rings. The fourth-order valence-electron chi connectivity index (χ4n) is 0. The maximum atomic E-state index is 8.52. The van der Waals surface area contributed by atoms with E-state index in [9.17, 15) is 0 Å². The Kier molecular flexibility index (Phi) is 447. The van der Waals surface area contributed by atoms with Crippen molar-refractivity contribution in [1.82, 2.24) is 0 Å². The van der Waals surface area contributed by atoms with Gasteiger partial charge in [0, 0.05) is 0 Å². The molecule has 0 amide bonds. The Balaban J connectivity index is -0.00000000409. The molecule has 0 aromatic rings. The van der Waals surface area contributed by atoms with E-state index in [-0.39, 0.29) is 82.0 Å². The van der Waals surface area contributed by atoms with Gasteiger partial charge in [0.2, 0.25) is 44.4 Å². The van der Waals surface area contributed by atoms with E-state index in [1.807, 2.05) is 0 Å². The smallest absolute Gasteiger partial charge is 0.412 e. The zero-order valence-corrected chi connectivity index (χ0v) is 17.5. The van der Waals surface area contributed by atoms with E-state index >= 15 is 0 Å². The van der Waals surface area contributed by atoms with Crippen LogP contribution < -0.4 is 37.8 Å². The van der Waals surface area contributed by atoms with Crippen LogP contribution in [0.25, 0.3) is 0 Å².